The third kappa shape index (κ3) is 9.16. The van der Waals surface area contributed by atoms with Crippen LogP contribution in [0.25, 0.3) is 6.08 Å². The highest BCUT2D eigenvalue weighted by molar-refractivity contribution is 5.98. The van der Waals surface area contributed by atoms with Gasteiger partial charge in [0, 0.05) is 11.6 Å². The maximum atomic E-state index is 12.0. The van der Waals surface area contributed by atoms with Crippen molar-refractivity contribution >= 4 is 24.0 Å². The van der Waals surface area contributed by atoms with Crippen LogP contribution < -0.4 is 15.4 Å². The minimum atomic E-state index is -1.11. The Morgan fingerprint density at radius 1 is 1.00 bits per heavy atom. The summed E-state index contributed by atoms with van der Waals surface area (Å²) < 4.78 is 10.8. The van der Waals surface area contributed by atoms with Gasteiger partial charge in [0.15, 0.2) is 6.10 Å². The SMILES string of the molecule is CC(OC(=O)/C=C/c1ccc(OCc2ccccc2)cc1)C(=O)NC(=O)NC(C)(C)C. The van der Waals surface area contributed by atoms with E-state index in [0.29, 0.717) is 12.4 Å². The van der Waals surface area contributed by atoms with Gasteiger partial charge in [-0.3, -0.25) is 10.1 Å². The van der Waals surface area contributed by atoms with Crippen LogP contribution in [0.15, 0.2) is 60.7 Å². The molecule has 0 aliphatic carbocycles. The van der Waals surface area contributed by atoms with Crippen LogP contribution in [0.1, 0.15) is 38.8 Å². The lowest BCUT2D eigenvalue weighted by molar-refractivity contribution is -0.149. The fraction of sp³-hybridized carbons (Fsp3) is 0.292. The predicted octanol–water partition coefficient (Wildman–Crippen LogP) is 3.83. The van der Waals surface area contributed by atoms with E-state index in [0.717, 1.165) is 11.1 Å². The number of benzene rings is 2. The van der Waals surface area contributed by atoms with Crippen molar-refractivity contribution < 1.29 is 23.9 Å². The zero-order chi connectivity index (χ0) is 22.9. The first-order valence-corrected chi connectivity index (χ1v) is 9.91. The van der Waals surface area contributed by atoms with E-state index in [-0.39, 0.29) is 0 Å². The number of imide groups is 1. The van der Waals surface area contributed by atoms with Crippen LogP contribution in [0.4, 0.5) is 4.79 Å². The number of rotatable bonds is 7. The van der Waals surface area contributed by atoms with Crippen LogP contribution in [0.3, 0.4) is 0 Å². The molecule has 0 radical (unpaired) electrons. The molecule has 31 heavy (non-hydrogen) atoms. The summed E-state index contributed by atoms with van der Waals surface area (Å²) in [6.07, 6.45) is 1.68. The molecule has 7 nitrogen and oxygen atoms in total. The highest BCUT2D eigenvalue weighted by Crippen LogP contribution is 2.15. The molecule has 3 amide bonds. The second-order valence-corrected chi connectivity index (χ2v) is 7.95. The molecule has 0 fully saturated rings. The van der Waals surface area contributed by atoms with Gasteiger partial charge in [-0.05, 0) is 57.0 Å². The van der Waals surface area contributed by atoms with Crippen molar-refractivity contribution in [1.29, 1.82) is 0 Å². The lowest BCUT2D eigenvalue weighted by atomic mass is 10.1. The first-order chi connectivity index (χ1) is 14.6. The van der Waals surface area contributed by atoms with Gasteiger partial charge in [-0.2, -0.15) is 0 Å². The third-order valence-corrected chi connectivity index (χ3v) is 3.93. The Hall–Kier alpha value is -3.61. The van der Waals surface area contributed by atoms with Gasteiger partial charge in [-0.25, -0.2) is 9.59 Å². The average molecular weight is 424 g/mol. The smallest absolute Gasteiger partial charge is 0.331 e. The summed E-state index contributed by atoms with van der Waals surface area (Å²) in [7, 11) is 0. The number of hydrogen-bond donors (Lipinski definition) is 2. The molecule has 0 saturated heterocycles. The van der Waals surface area contributed by atoms with Gasteiger partial charge in [0.2, 0.25) is 0 Å². The van der Waals surface area contributed by atoms with Gasteiger partial charge >= 0.3 is 12.0 Å². The van der Waals surface area contributed by atoms with Gasteiger partial charge in [0.1, 0.15) is 12.4 Å². The molecule has 164 valence electrons. The average Bonchev–Trinajstić information content (AvgIpc) is 2.70. The van der Waals surface area contributed by atoms with Crippen LogP contribution in [0.5, 0.6) is 5.75 Å². The summed E-state index contributed by atoms with van der Waals surface area (Å²) in [4.78, 5) is 35.6. The third-order valence-electron chi connectivity index (χ3n) is 3.93. The van der Waals surface area contributed by atoms with E-state index in [1.165, 1.54) is 13.0 Å². The van der Waals surface area contributed by atoms with Crippen LogP contribution in [0.2, 0.25) is 0 Å². The quantitative estimate of drug-likeness (QED) is 0.520. The van der Waals surface area contributed by atoms with Gasteiger partial charge in [0.25, 0.3) is 5.91 Å². The largest absolute Gasteiger partial charge is 0.489 e. The van der Waals surface area contributed by atoms with Gasteiger partial charge in [0.05, 0.1) is 0 Å². The molecule has 0 saturated carbocycles. The zero-order valence-corrected chi connectivity index (χ0v) is 18.2. The van der Waals surface area contributed by atoms with Gasteiger partial charge < -0.3 is 14.8 Å². The van der Waals surface area contributed by atoms with Crippen LogP contribution in [-0.4, -0.2) is 29.6 Å². The van der Waals surface area contributed by atoms with E-state index in [2.05, 4.69) is 10.6 Å². The van der Waals surface area contributed by atoms with E-state index >= 15 is 0 Å². The molecule has 0 heterocycles. The lowest BCUT2D eigenvalue weighted by Crippen LogP contribution is -2.50. The lowest BCUT2D eigenvalue weighted by Gasteiger charge is -2.21. The molecular formula is C24H28N2O5. The van der Waals surface area contributed by atoms with Crippen molar-refractivity contribution in [2.75, 3.05) is 0 Å². The molecule has 1 atom stereocenters. The fourth-order valence-corrected chi connectivity index (χ4v) is 2.43. The number of hydrogen-bond acceptors (Lipinski definition) is 5. The number of ether oxygens (including phenoxy) is 2. The number of nitrogens with one attached hydrogen (secondary N) is 2. The highest BCUT2D eigenvalue weighted by Gasteiger charge is 2.21. The molecule has 2 N–H and O–H groups in total. The summed E-state index contributed by atoms with van der Waals surface area (Å²) in [5.41, 5.74) is 1.35. The normalized spacial score (nSPS) is 12.1. The standard InChI is InChI=1S/C24H28N2O5/c1-17(22(28)25-23(29)26-24(2,3)4)31-21(27)15-12-18-10-13-20(14-11-18)30-16-19-8-6-5-7-9-19/h5-15,17H,16H2,1-4H3,(H2,25,26,28,29)/b15-12+. The summed E-state index contributed by atoms with van der Waals surface area (Å²) >= 11 is 0. The first kappa shape index (κ1) is 23.7. The summed E-state index contributed by atoms with van der Waals surface area (Å²) in [6, 6.07) is 16.4. The number of amides is 3. The monoisotopic (exact) mass is 424 g/mol. The second-order valence-electron chi connectivity index (χ2n) is 7.95. The topological polar surface area (TPSA) is 93.7 Å². The Balaban J connectivity index is 1.79. The molecular weight excluding hydrogens is 396 g/mol. The van der Waals surface area contributed by atoms with E-state index in [1.54, 1.807) is 51.1 Å². The number of urea groups is 1. The van der Waals surface area contributed by atoms with E-state index in [9.17, 15) is 14.4 Å². The Kier molecular flexibility index (Phi) is 8.37. The molecule has 2 aromatic carbocycles. The van der Waals surface area contributed by atoms with Gasteiger partial charge in [-0.1, -0.05) is 42.5 Å². The van der Waals surface area contributed by atoms with Crippen molar-refractivity contribution in [2.24, 2.45) is 0 Å². The van der Waals surface area contributed by atoms with Crippen LogP contribution in [0, 0.1) is 0 Å². The second kappa shape index (κ2) is 11.0. The van der Waals surface area contributed by atoms with Crippen molar-refractivity contribution in [3.8, 4) is 5.75 Å². The first-order valence-electron chi connectivity index (χ1n) is 9.91. The molecule has 1 unspecified atom stereocenters. The maximum Gasteiger partial charge on any atom is 0.331 e. The van der Waals surface area contributed by atoms with E-state index < -0.39 is 29.6 Å². The van der Waals surface area contributed by atoms with E-state index in [4.69, 9.17) is 9.47 Å². The Bertz CT molecular complexity index is 915. The van der Waals surface area contributed by atoms with E-state index in [1.807, 2.05) is 30.3 Å². The van der Waals surface area contributed by atoms with Crippen molar-refractivity contribution in [2.45, 2.75) is 45.9 Å². The van der Waals surface area contributed by atoms with Crippen molar-refractivity contribution in [1.82, 2.24) is 10.6 Å². The molecule has 0 bridgehead atoms. The number of carbonyl (C=O) groups is 3. The zero-order valence-electron chi connectivity index (χ0n) is 18.2. The predicted molar refractivity (Wildman–Crippen MR) is 118 cm³/mol. The number of esters is 1. The molecule has 2 aromatic rings. The van der Waals surface area contributed by atoms with Crippen LogP contribution >= 0.6 is 0 Å². The summed E-state index contributed by atoms with van der Waals surface area (Å²) in [5.74, 6) is -0.686. The molecule has 0 aliphatic rings. The Morgan fingerprint density at radius 2 is 1.65 bits per heavy atom. The van der Waals surface area contributed by atoms with Gasteiger partial charge in [-0.15, -0.1) is 0 Å². The molecule has 0 aliphatic heterocycles. The van der Waals surface area contributed by atoms with Crippen LogP contribution in [-0.2, 0) is 20.9 Å². The Morgan fingerprint density at radius 3 is 2.26 bits per heavy atom. The molecule has 0 aromatic heterocycles. The maximum absolute atomic E-state index is 12.0. The molecule has 7 heteroatoms. The minimum Gasteiger partial charge on any atom is -0.489 e. The molecule has 0 spiro atoms. The fourth-order valence-electron chi connectivity index (χ4n) is 2.43. The van der Waals surface area contributed by atoms with Crippen molar-refractivity contribution in [3.05, 3.63) is 71.8 Å². The molecule has 2 rings (SSSR count). The van der Waals surface area contributed by atoms with Crippen molar-refractivity contribution in [3.63, 3.8) is 0 Å². The number of carbonyl (C=O) groups excluding carboxylic acids is 3. The highest BCUT2D eigenvalue weighted by atomic mass is 16.5. The summed E-state index contributed by atoms with van der Waals surface area (Å²) in [5, 5.41) is 4.73. The summed E-state index contributed by atoms with van der Waals surface area (Å²) in [6.45, 7) is 7.22. The minimum absolute atomic E-state index is 0.468. The Labute approximate surface area is 182 Å².